The number of benzene rings is 1. The van der Waals surface area contributed by atoms with Crippen molar-refractivity contribution in [1.29, 1.82) is 0 Å². The first-order valence-electron chi connectivity index (χ1n) is 9.99. The van der Waals surface area contributed by atoms with E-state index in [0.717, 1.165) is 0 Å². The number of ketones is 2. The van der Waals surface area contributed by atoms with Gasteiger partial charge < -0.3 is 24.3 Å². The summed E-state index contributed by atoms with van der Waals surface area (Å²) >= 11 is 0. The molecule has 0 bridgehead atoms. The molecule has 0 spiro atoms. The average molecular weight is 447 g/mol. The van der Waals surface area contributed by atoms with Crippen LogP contribution in [0, 0.1) is 5.92 Å². The third-order valence-electron chi connectivity index (χ3n) is 4.41. The van der Waals surface area contributed by atoms with Crippen molar-refractivity contribution in [1.82, 2.24) is 5.32 Å². The average Bonchev–Trinajstić information content (AvgIpc) is 3.09. The first-order chi connectivity index (χ1) is 15.4. The zero-order chi connectivity index (χ0) is 23.3. The number of rotatable bonds is 12. The minimum absolute atomic E-state index is 0.0176. The highest BCUT2D eigenvalue weighted by Gasteiger charge is 2.27. The molecule has 1 aliphatic carbocycles. The molecule has 0 fully saturated rings. The van der Waals surface area contributed by atoms with Gasteiger partial charge in [0, 0.05) is 13.7 Å². The van der Waals surface area contributed by atoms with Gasteiger partial charge in [-0.1, -0.05) is 12.1 Å². The van der Waals surface area contributed by atoms with Gasteiger partial charge in [-0.3, -0.25) is 19.2 Å². The number of carbonyl (C=O) groups excluding carboxylic acids is 5. The predicted octanol–water partition coefficient (Wildman–Crippen LogP) is 1.50. The van der Waals surface area contributed by atoms with Gasteiger partial charge in [0.1, 0.15) is 19.0 Å². The van der Waals surface area contributed by atoms with E-state index in [9.17, 15) is 24.0 Å². The van der Waals surface area contributed by atoms with E-state index in [0.29, 0.717) is 5.56 Å². The van der Waals surface area contributed by atoms with E-state index in [1.54, 1.807) is 12.1 Å². The van der Waals surface area contributed by atoms with E-state index < -0.39 is 23.9 Å². The quantitative estimate of drug-likeness (QED) is 0.219. The standard InChI is InChI=1S/C22H25NO9/c1-29-12-13-30-20(26)8-9-21(27)32-16-4-2-15(3-5-16)14-31-22(28)23-11-10-17-18(24)6-7-19(17)25/h2-7,17H,8-14H2,1H3,(H,23,28). The second-order valence-electron chi connectivity index (χ2n) is 6.81. The van der Waals surface area contributed by atoms with E-state index in [4.69, 9.17) is 18.9 Å². The topological polar surface area (TPSA) is 134 Å². The molecule has 0 saturated heterocycles. The van der Waals surface area contributed by atoms with Crippen LogP contribution in [0.3, 0.4) is 0 Å². The Hall–Kier alpha value is -3.53. The Kier molecular flexibility index (Phi) is 10.1. The number of hydrogen-bond donors (Lipinski definition) is 1. The van der Waals surface area contributed by atoms with Gasteiger partial charge in [-0.2, -0.15) is 0 Å². The minimum atomic E-state index is -0.730. The number of alkyl carbamates (subject to hydrolysis) is 1. The van der Waals surface area contributed by atoms with Crippen molar-refractivity contribution in [3.05, 3.63) is 42.0 Å². The van der Waals surface area contributed by atoms with Gasteiger partial charge in [0.25, 0.3) is 0 Å². The van der Waals surface area contributed by atoms with Crippen LogP contribution >= 0.6 is 0 Å². The fraction of sp³-hybridized carbons (Fsp3) is 0.409. The largest absolute Gasteiger partial charge is 0.463 e. The predicted molar refractivity (Wildman–Crippen MR) is 110 cm³/mol. The van der Waals surface area contributed by atoms with Crippen molar-refractivity contribution in [3.63, 3.8) is 0 Å². The number of hydrogen-bond acceptors (Lipinski definition) is 9. The maximum Gasteiger partial charge on any atom is 0.407 e. The molecule has 0 unspecified atom stereocenters. The lowest BCUT2D eigenvalue weighted by atomic mass is 10.0. The van der Waals surface area contributed by atoms with Gasteiger partial charge in [0.15, 0.2) is 11.6 Å². The maximum absolute atomic E-state index is 11.8. The Bertz CT molecular complexity index is 843. The zero-order valence-electron chi connectivity index (χ0n) is 17.7. The summed E-state index contributed by atoms with van der Waals surface area (Å²) in [6, 6.07) is 6.32. The highest BCUT2D eigenvalue weighted by molar-refractivity contribution is 6.18. The monoisotopic (exact) mass is 447 g/mol. The molecule has 1 aliphatic rings. The molecule has 10 heteroatoms. The third kappa shape index (κ3) is 8.68. The second kappa shape index (κ2) is 13.0. The fourth-order valence-corrected chi connectivity index (χ4v) is 2.69. The maximum atomic E-state index is 11.8. The summed E-state index contributed by atoms with van der Waals surface area (Å²) in [6.45, 7) is 0.533. The van der Waals surface area contributed by atoms with Crippen LogP contribution in [-0.2, 0) is 40.0 Å². The molecule has 0 radical (unpaired) electrons. The van der Waals surface area contributed by atoms with E-state index in [1.165, 1.54) is 31.4 Å². The van der Waals surface area contributed by atoms with Crippen LogP contribution in [0.1, 0.15) is 24.8 Å². The summed E-state index contributed by atoms with van der Waals surface area (Å²) in [5, 5.41) is 2.49. The van der Waals surface area contributed by atoms with E-state index in [1.807, 2.05) is 0 Å². The molecule has 0 saturated carbocycles. The molecule has 172 valence electrons. The molecule has 1 amide bonds. The number of esters is 2. The Balaban J connectivity index is 1.63. The second-order valence-corrected chi connectivity index (χ2v) is 6.81. The lowest BCUT2D eigenvalue weighted by Crippen LogP contribution is -2.29. The summed E-state index contributed by atoms with van der Waals surface area (Å²) < 4.78 is 19.8. The molecule has 0 heterocycles. The molecule has 1 aromatic carbocycles. The summed E-state index contributed by atoms with van der Waals surface area (Å²) in [5.41, 5.74) is 0.659. The Labute approximate surface area is 184 Å². The lowest BCUT2D eigenvalue weighted by Gasteiger charge is -2.10. The number of amides is 1. The lowest BCUT2D eigenvalue weighted by molar-refractivity contribution is -0.147. The van der Waals surface area contributed by atoms with Gasteiger partial charge in [0.2, 0.25) is 0 Å². The number of ether oxygens (including phenoxy) is 4. The molecule has 32 heavy (non-hydrogen) atoms. The third-order valence-corrected chi connectivity index (χ3v) is 4.41. The van der Waals surface area contributed by atoms with Crippen molar-refractivity contribution >= 4 is 29.6 Å². The molecule has 0 atom stereocenters. The molecule has 0 aromatic heterocycles. The molecule has 1 aromatic rings. The summed E-state index contributed by atoms with van der Waals surface area (Å²) in [6.07, 6.45) is 1.80. The first kappa shape index (κ1) is 24.7. The summed E-state index contributed by atoms with van der Waals surface area (Å²) in [4.78, 5) is 57.9. The van der Waals surface area contributed by atoms with E-state index in [-0.39, 0.29) is 62.9 Å². The van der Waals surface area contributed by atoms with Crippen molar-refractivity contribution in [2.24, 2.45) is 5.92 Å². The van der Waals surface area contributed by atoms with Crippen molar-refractivity contribution < 1.29 is 42.9 Å². The Morgan fingerprint density at radius 2 is 1.56 bits per heavy atom. The van der Waals surface area contributed by atoms with Gasteiger partial charge in [-0.15, -0.1) is 0 Å². The first-order valence-corrected chi connectivity index (χ1v) is 9.99. The van der Waals surface area contributed by atoms with E-state index in [2.05, 4.69) is 5.32 Å². The van der Waals surface area contributed by atoms with Gasteiger partial charge in [0.05, 0.1) is 25.4 Å². The summed E-state index contributed by atoms with van der Waals surface area (Å²) in [7, 11) is 1.49. The highest BCUT2D eigenvalue weighted by Crippen LogP contribution is 2.15. The normalized spacial score (nSPS) is 13.2. The number of carbonyl (C=O) groups is 5. The smallest absolute Gasteiger partial charge is 0.407 e. The van der Waals surface area contributed by atoms with Crippen LogP contribution in [0.5, 0.6) is 5.75 Å². The van der Waals surface area contributed by atoms with Crippen LogP contribution in [0.2, 0.25) is 0 Å². The van der Waals surface area contributed by atoms with Gasteiger partial charge >= 0.3 is 18.0 Å². The van der Waals surface area contributed by atoms with Crippen molar-refractivity contribution in [3.8, 4) is 5.75 Å². The molecule has 2 rings (SSSR count). The Morgan fingerprint density at radius 3 is 2.22 bits per heavy atom. The highest BCUT2D eigenvalue weighted by atomic mass is 16.6. The Morgan fingerprint density at radius 1 is 0.906 bits per heavy atom. The van der Waals surface area contributed by atoms with Crippen molar-refractivity contribution in [2.75, 3.05) is 26.9 Å². The minimum Gasteiger partial charge on any atom is -0.463 e. The van der Waals surface area contributed by atoms with Crippen LogP contribution < -0.4 is 10.1 Å². The molecule has 0 aliphatic heterocycles. The van der Waals surface area contributed by atoms with Gasteiger partial charge in [-0.05, 0) is 36.3 Å². The van der Waals surface area contributed by atoms with E-state index >= 15 is 0 Å². The molecular formula is C22H25NO9. The summed E-state index contributed by atoms with van der Waals surface area (Å²) in [5.74, 6) is -2.04. The number of methoxy groups -OCH3 is 1. The molecule has 1 N–H and O–H groups in total. The molecule has 10 nitrogen and oxygen atoms in total. The SMILES string of the molecule is COCCOC(=O)CCC(=O)Oc1ccc(COC(=O)NCCC2C(=O)C=CC2=O)cc1. The van der Waals surface area contributed by atoms with Crippen molar-refractivity contribution in [2.45, 2.75) is 25.9 Å². The van der Waals surface area contributed by atoms with Crippen LogP contribution in [0.4, 0.5) is 4.79 Å². The molecular weight excluding hydrogens is 422 g/mol. The van der Waals surface area contributed by atoms with Crippen LogP contribution in [0.15, 0.2) is 36.4 Å². The zero-order valence-corrected chi connectivity index (χ0v) is 17.7. The fourth-order valence-electron chi connectivity index (χ4n) is 2.69. The number of nitrogens with one attached hydrogen (secondary N) is 1. The van der Waals surface area contributed by atoms with Crippen LogP contribution in [-0.4, -0.2) is 56.5 Å². The number of allylic oxidation sites excluding steroid dienone is 2. The van der Waals surface area contributed by atoms with Crippen LogP contribution in [0.25, 0.3) is 0 Å². The van der Waals surface area contributed by atoms with Gasteiger partial charge in [-0.25, -0.2) is 4.79 Å².